The third-order valence-electron chi connectivity index (χ3n) is 2.89. The van der Waals surface area contributed by atoms with Crippen molar-refractivity contribution in [2.75, 3.05) is 0 Å². The molecule has 0 amide bonds. The Morgan fingerprint density at radius 3 is 2.56 bits per heavy atom. The highest BCUT2D eigenvalue weighted by Crippen LogP contribution is 2.31. The Kier molecular flexibility index (Phi) is 3.88. The van der Waals surface area contributed by atoms with Gasteiger partial charge < -0.3 is 5.73 Å². The van der Waals surface area contributed by atoms with Crippen LogP contribution in [0.5, 0.6) is 0 Å². The number of carbonyl (C=O) groups is 1. The van der Waals surface area contributed by atoms with Gasteiger partial charge in [-0.1, -0.05) is 24.3 Å². The highest BCUT2D eigenvalue weighted by atomic mass is 16.1. The average Bonchev–Trinajstić information content (AvgIpc) is 2.22. The van der Waals surface area contributed by atoms with E-state index in [1.807, 2.05) is 19.9 Å². The van der Waals surface area contributed by atoms with Gasteiger partial charge in [-0.2, -0.15) is 0 Å². The first-order chi connectivity index (χ1) is 7.49. The fraction of sp³-hybridized carbons (Fsp3) is 0.357. The SMILES string of the molecule is C=C(N)C(=O)/C(=C/C)C1=C(C)CCC=C1C. The zero-order chi connectivity index (χ0) is 12.3. The summed E-state index contributed by atoms with van der Waals surface area (Å²) in [5, 5.41) is 0. The molecule has 0 aromatic heterocycles. The van der Waals surface area contributed by atoms with Gasteiger partial charge in [0.15, 0.2) is 0 Å². The van der Waals surface area contributed by atoms with E-state index in [-0.39, 0.29) is 11.5 Å². The van der Waals surface area contributed by atoms with E-state index in [4.69, 9.17) is 5.73 Å². The van der Waals surface area contributed by atoms with Crippen molar-refractivity contribution in [3.05, 3.63) is 46.7 Å². The van der Waals surface area contributed by atoms with Gasteiger partial charge in [0, 0.05) is 5.57 Å². The van der Waals surface area contributed by atoms with E-state index in [1.165, 1.54) is 5.57 Å². The monoisotopic (exact) mass is 217 g/mol. The lowest BCUT2D eigenvalue weighted by Crippen LogP contribution is -2.16. The highest BCUT2D eigenvalue weighted by Gasteiger charge is 2.19. The van der Waals surface area contributed by atoms with Crippen LogP contribution in [0.15, 0.2) is 46.7 Å². The molecule has 1 rings (SSSR count). The number of hydrogen-bond acceptors (Lipinski definition) is 2. The summed E-state index contributed by atoms with van der Waals surface area (Å²) in [5.41, 5.74) is 9.72. The molecule has 16 heavy (non-hydrogen) atoms. The average molecular weight is 217 g/mol. The summed E-state index contributed by atoms with van der Waals surface area (Å²) < 4.78 is 0. The third-order valence-corrected chi connectivity index (χ3v) is 2.89. The summed E-state index contributed by atoms with van der Waals surface area (Å²) in [5.74, 6) is -0.161. The number of nitrogens with two attached hydrogens (primary N) is 1. The lowest BCUT2D eigenvalue weighted by Gasteiger charge is -2.19. The van der Waals surface area contributed by atoms with Gasteiger partial charge in [-0.3, -0.25) is 4.79 Å². The molecule has 0 radical (unpaired) electrons. The molecule has 0 bridgehead atoms. The van der Waals surface area contributed by atoms with Crippen molar-refractivity contribution >= 4 is 5.78 Å². The lowest BCUT2D eigenvalue weighted by molar-refractivity contribution is -0.112. The summed E-state index contributed by atoms with van der Waals surface area (Å²) in [4.78, 5) is 11.9. The fourth-order valence-corrected chi connectivity index (χ4v) is 2.07. The molecule has 0 atom stereocenters. The number of ketones is 1. The maximum absolute atomic E-state index is 11.9. The van der Waals surface area contributed by atoms with Crippen molar-refractivity contribution in [2.24, 2.45) is 5.73 Å². The summed E-state index contributed by atoms with van der Waals surface area (Å²) in [6, 6.07) is 0. The van der Waals surface area contributed by atoms with Gasteiger partial charge in [0.2, 0.25) is 5.78 Å². The largest absolute Gasteiger partial charge is 0.396 e. The van der Waals surface area contributed by atoms with Crippen LogP contribution < -0.4 is 5.73 Å². The minimum atomic E-state index is -0.161. The smallest absolute Gasteiger partial charge is 0.208 e. The van der Waals surface area contributed by atoms with Crippen LogP contribution in [0, 0.1) is 0 Å². The molecule has 0 aliphatic heterocycles. The molecule has 86 valence electrons. The van der Waals surface area contributed by atoms with Crippen LogP contribution in [0.25, 0.3) is 0 Å². The summed E-state index contributed by atoms with van der Waals surface area (Å²) >= 11 is 0. The minimum absolute atomic E-state index is 0.103. The molecule has 0 aromatic rings. The zero-order valence-corrected chi connectivity index (χ0v) is 10.3. The van der Waals surface area contributed by atoms with E-state index < -0.39 is 0 Å². The summed E-state index contributed by atoms with van der Waals surface area (Å²) in [6.45, 7) is 9.48. The second-order valence-corrected chi connectivity index (χ2v) is 4.14. The van der Waals surface area contributed by atoms with Gasteiger partial charge >= 0.3 is 0 Å². The molecule has 2 nitrogen and oxygen atoms in total. The Balaban J connectivity index is 3.21. The topological polar surface area (TPSA) is 43.1 Å². The fourth-order valence-electron chi connectivity index (χ4n) is 2.07. The van der Waals surface area contributed by atoms with Crippen LogP contribution in [0.2, 0.25) is 0 Å². The van der Waals surface area contributed by atoms with Crippen molar-refractivity contribution < 1.29 is 4.79 Å². The minimum Gasteiger partial charge on any atom is -0.396 e. The van der Waals surface area contributed by atoms with Crippen LogP contribution in [0.3, 0.4) is 0 Å². The zero-order valence-electron chi connectivity index (χ0n) is 10.3. The van der Waals surface area contributed by atoms with Gasteiger partial charge in [-0.15, -0.1) is 0 Å². The molecule has 0 saturated heterocycles. The first-order valence-corrected chi connectivity index (χ1v) is 5.51. The van der Waals surface area contributed by atoms with E-state index >= 15 is 0 Å². The van der Waals surface area contributed by atoms with Crippen molar-refractivity contribution in [1.29, 1.82) is 0 Å². The van der Waals surface area contributed by atoms with E-state index in [0.717, 1.165) is 24.0 Å². The van der Waals surface area contributed by atoms with Crippen LogP contribution >= 0.6 is 0 Å². The van der Waals surface area contributed by atoms with Gasteiger partial charge in [0.25, 0.3) is 0 Å². The molecular formula is C14H19NO. The number of allylic oxidation sites excluding steroid dienone is 6. The molecule has 2 N–H and O–H groups in total. The molecule has 0 heterocycles. The normalized spacial score (nSPS) is 17.2. The van der Waals surface area contributed by atoms with Crippen LogP contribution in [-0.4, -0.2) is 5.78 Å². The standard InChI is InChI=1S/C14H19NO/c1-5-12(14(16)11(4)15)13-9(2)7-6-8-10(13)3/h5,7H,4,6,8,15H2,1-3H3/b12-5+. The molecule has 0 saturated carbocycles. The maximum Gasteiger partial charge on any atom is 0.208 e. The first-order valence-electron chi connectivity index (χ1n) is 5.51. The van der Waals surface area contributed by atoms with E-state index in [9.17, 15) is 4.79 Å². The lowest BCUT2D eigenvalue weighted by atomic mass is 9.85. The first kappa shape index (κ1) is 12.5. The maximum atomic E-state index is 11.9. The second-order valence-electron chi connectivity index (χ2n) is 4.14. The Labute approximate surface area is 97.2 Å². The van der Waals surface area contributed by atoms with Gasteiger partial charge in [-0.05, 0) is 44.8 Å². The molecular weight excluding hydrogens is 198 g/mol. The molecule has 0 spiro atoms. The Hall–Kier alpha value is -1.57. The summed E-state index contributed by atoms with van der Waals surface area (Å²) in [6.07, 6.45) is 6.05. The molecule has 0 fully saturated rings. The predicted molar refractivity (Wildman–Crippen MR) is 67.8 cm³/mol. The molecule has 2 heteroatoms. The van der Waals surface area contributed by atoms with Gasteiger partial charge in [0.05, 0.1) is 5.70 Å². The molecule has 1 aliphatic rings. The Morgan fingerprint density at radius 2 is 2.12 bits per heavy atom. The van der Waals surface area contributed by atoms with Crippen LogP contribution in [0.1, 0.15) is 33.6 Å². The van der Waals surface area contributed by atoms with Gasteiger partial charge in [0.1, 0.15) is 0 Å². The predicted octanol–water partition coefficient (Wildman–Crippen LogP) is 3.03. The third kappa shape index (κ3) is 2.32. The number of hydrogen-bond donors (Lipinski definition) is 1. The van der Waals surface area contributed by atoms with Crippen molar-refractivity contribution in [2.45, 2.75) is 33.6 Å². The Morgan fingerprint density at radius 1 is 1.50 bits per heavy atom. The van der Waals surface area contributed by atoms with Gasteiger partial charge in [-0.25, -0.2) is 0 Å². The molecule has 1 aliphatic carbocycles. The second kappa shape index (κ2) is 4.97. The Bertz CT molecular complexity index is 422. The van der Waals surface area contributed by atoms with Crippen molar-refractivity contribution in [3.8, 4) is 0 Å². The number of carbonyl (C=O) groups excluding carboxylic acids is 1. The van der Waals surface area contributed by atoms with E-state index in [0.29, 0.717) is 5.57 Å². The number of rotatable bonds is 3. The van der Waals surface area contributed by atoms with Crippen molar-refractivity contribution in [3.63, 3.8) is 0 Å². The molecule has 0 aromatic carbocycles. The quantitative estimate of drug-likeness (QED) is 0.738. The number of Topliss-reactive ketones (excluding diaryl/α,β-unsaturated/α-hetero) is 1. The van der Waals surface area contributed by atoms with E-state index in [2.05, 4.69) is 19.6 Å². The van der Waals surface area contributed by atoms with Crippen molar-refractivity contribution in [1.82, 2.24) is 0 Å². The highest BCUT2D eigenvalue weighted by molar-refractivity contribution is 6.11. The molecule has 0 unspecified atom stereocenters. The van der Waals surface area contributed by atoms with Crippen LogP contribution in [0.4, 0.5) is 0 Å². The van der Waals surface area contributed by atoms with E-state index in [1.54, 1.807) is 0 Å². The van der Waals surface area contributed by atoms with Crippen LogP contribution in [-0.2, 0) is 4.79 Å². The summed E-state index contributed by atoms with van der Waals surface area (Å²) in [7, 11) is 0.